The lowest BCUT2D eigenvalue weighted by molar-refractivity contribution is -0.0955. The summed E-state index contributed by atoms with van der Waals surface area (Å²) in [6.07, 6.45) is 0.725. The SMILES string of the molecule is CCOC(O)c1cc(Br)c(CCCO)s1. The average Bonchev–Trinajstić information content (AvgIpc) is 2.57. The monoisotopic (exact) mass is 294 g/mol. The summed E-state index contributed by atoms with van der Waals surface area (Å²) in [5.41, 5.74) is 0. The van der Waals surface area contributed by atoms with E-state index < -0.39 is 6.29 Å². The highest BCUT2D eigenvalue weighted by atomic mass is 79.9. The van der Waals surface area contributed by atoms with Gasteiger partial charge in [0.1, 0.15) is 0 Å². The summed E-state index contributed by atoms with van der Waals surface area (Å²) in [6.45, 7) is 2.52. The number of aliphatic hydroxyl groups is 2. The molecule has 3 nitrogen and oxygen atoms in total. The molecule has 0 amide bonds. The fraction of sp³-hybridized carbons (Fsp3) is 0.600. The Kier molecular flexibility index (Phi) is 5.78. The van der Waals surface area contributed by atoms with Crippen molar-refractivity contribution in [3.05, 3.63) is 20.3 Å². The number of aliphatic hydroxyl groups excluding tert-OH is 2. The van der Waals surface area contributed by atoms with Crippen LogP contribution in [0.3, 0.4) is 0 Å². The van der Waals surface area contributed by atoms with Gasteiger partial charge in [0.15, 0.2) is 6.29 Å². The van der Waals surface area contributed by atoms with Crippen molar-refractivity contribution in [1.29, 1.82) is 0 Å². The summed E-state index contributed by atoms with van der Waals surface area (Å²) >= 11 is 4.94. The van der Waals surface area contributed by atoms with Gasteiger partial charge in [-0.1, -0.05) is 0 Å². The molecule has 86 valence electrons. The third-order valence-electron chi connectivity index (χ3n) is 1.91. The average molecular weight is 295 g/mol. The van der Waals surface area contributed by atoms with Crippen LogP contribution in [0.25, 0.3) is 0 Å². The molecule has 0 fully saturated rings. The minimum atomic E-state index is -0.834. The van der Waals surface area contributed by atoms with Crippen LogP contribution in [0.4, 0.5) is 0 Å². The lowest BCUT2D eigenvalue weighted by Gasteiger charge is -2.06. The fourth-order valence-corrected chi connectivity index (χ4v) is 3.07. The van der Waals surface area contributed by atoms with E-state index in [0.29, 0.717) is 6.61 Å². The van der Waals surface area contributed by atoms with Crippen LogP contribution in [0.15, 0.2) is 10.5 Å². The van der Waals surface area contributed by atoms with Gasteiger partial charge in [0.2, 0.25) is 0 Å². The molecule has 0 aromatic carbocycles. The normalized spacial score (nSPS) is 13.1. The Labute approximate surface area is 102 Å². The summed E-state index contributed by atoms with van der Waals surface area (Å²) in [6, 6.07) is 1.87. The van der Waals surface area contributed by atoms with Crippen LogP contribution in [0.1, 0.15) is 29.4 Å². The van der Waals surface area contributed by atoms with Crippen LogP contribution >= 0.6 is 27.3 Å². The van der Waals surface area contributed by atoms with Crippen molar-refractivity contribution in [2.24, 2.45) is 0 Å². The smallest absolute Gasteiger partial charge is 0.190 e. The van der Waals surface area contributed by atoms with E-state index in [2.05, 4.69) is 15.9 Å². The molecule has 5 heteroatoms. The van der Waals surface area contributed by atoms with Crippen LogP contribution in [0.5, 0.6) is 0 Å². The second-order valence-electron chi connectivity index (χ2n) is 3.05. The first-order valence-corrected chi connectivity index (χ1v) is 6.48. The lowest BCUT2D eigenvalue weighted by atomic mass is 10.3. The van der Waals surface area contributed by atoms with E-state index >= 15 is 0 Å². The molecular weight excluding hydrogens is 280 g/mol. The Morgan fingerprint density at radius 2 is 2.33 bits per heavy atom. The summed E-state index contributed by atoms with van der Waals surface area (Å²) < 4.78 is 6.08. The predicted octanol–water partition coefficient (Wildman–Crippen LogP) is 2.46. The van der Waals surface area contributed by atoms with Gasteiger partial charge in [-0.3, -0.25) is 0 Å². The largest absolute Gasteiger partial charge is 0.396 e. The summed E-state index contributed by atoms with van der Waals surface area (Å²) in [4.78, 5) is 1.94. The summed E-state index contributed by atoms with van der Waals surface area (Å²) in [5, 5.41) is 18.3. The van der Waals surface area contributed by atoms with Crippen molar-refractivity contribution in [2.45, 2.75) is 26.1 Å². The van der Waals surface area contributed by atoms with E-state index in [9.17, 15) is 5.11 Å². The zero-order valence-corrected chi connectivity index (χ0v) is 11.0. The number of aryl methyl sites for hydroxylation is 1. The standard InChI is InChI=1S/C10H15BrO3S/c1-2-14-10(13)9-6-7(11)8(15-9)4-3-5-12/h6,10,12-13H,2-5H2,1H3. The van der Waals surface area contributed by atoms with Gasteiger partial charge < -0.3 is 14.9 Å². The molecule has 1 unspecified atom stereocenters. The van der Waals surface area contributed by atoms with Crippen LogP contribution in [-0.2, 0) is 11.2 Å². The van der Waals surface area contributed by atoms with Crippen LogP contribution in [0, 0.1) is 0 Å². The van der Waals surface area contributed by atoms with Gasteiger partial charge >= 0.3 is 0 Å². The van der Waals surface area contributed by atoms with Gasteiger partial charge in [-0.2, -0.15) is 0 Å². The van der Waals surface area contributed by atoms with Gasteiger partial charge in [-0.05, 0) is 41.8 Å². The van der Waals surface area contributed by atoms with Crippen molar-refractivity contribution in [3.63, 3.8) is 0 Å². The van der Waals surface area contributed by atoms with E-state index in [-0.39, 0.29) is 6.61 Å². The molecular formula is C10H15BrO3S. The maximum absolute atomic E-state index is 9.60. The Bertz CT molecular complexity index is 301. The van der Waals surface area contributed by atoms with E-state index in [1.165, 1.54) is 11.3 Å². The first-order chi connectivity index (χ1) is 7.19. The predicted molar refractivity (Wildman–Crippen MR) is 64.0 cm³/mol. The molecule has 0 bridgehead atoms. The summed E-state index contributed by atoms with van der Waals surface area (Å²) in [5.74, 6) is 0. The minimum absolute atomic E-state index is 0.188. The van der Waals surface area contributed by atoms with Crippen molar-refractivity contribution in [3.8, 4) is 0 Å². The molecule has 0 aliphatic carbocycles. The van der Waals surface area contributed by atoms with E-state index in [1.807, 2.05) is 13.0 Å². The zero-order chi connectivity index (χ0) is 11.3. The van der Waals surface area contributed by atoms with Crippen molar-refractivity contribution >= 4 is 27.3 Å². The molecule has 0 aliphatic rings. The van der Waals surface area contributed by atoms with Gasteiger partial charge in [0.05, 0.1) is 4.88 Å². The van der Waals surface area contributed by atoms with Crippen LogP contribution in [-0.4, -0.2) is 23.4 Å². The Morgan fingerprint density at radius 1 is 1.60 bits per heavy atom. The second-order valence-corrected chi connectivity index (χ2v) is 5.08. The van der Waals surface area contributed by atoms with Crippen LogP contribution < -0.4 is 0 Å². The lowest BCUT2D eigenvalue weighted by Crippen LogP contribution is -1.99. The molecule has 1 rings (SSSR count). The van der Waals surface area contributed by atoms with Gasteiger partial charge in [0.25, 0.3) is 0 Å². The van der Waals surface area contributed by atoms with Crippen LogP contribution in [0.2, 0.25) is 0 Å². The third-order valence-corrected chi connectivity index (χ3v) is 4.10. The Balaban J connectivity index is 2.67. The number of hydrogen-bond donors (Lipinski definition) is 2. The second kappa shape index (κ2) is 6.60. The highest BCUT2D eigenvalue weighted by Crippen LogP contribution is 2.32. The number of ether oxygens (including phenoxy) is 1. The minimum Gasteiger partial charge on any atom is -0.396 e. The summed E-state index contributed by atoms with van der Waals surface area (Å²) in [7, 11) is 0. The number of thiophene rings is 1. The third kappa shape index (κ3) is 3.85. The maximum atomic E-state index is 9.60. The van der Waals surface area contributed by atoms with Crippen molar-refractivity contribution in [2.75, 3.05) is 13.2 Å². The molecule has 1 atom stereocenters. The highest BCUT2D eigenvalue weighted by molar-refractivity contribution is 9.10. The van der Waals surface area contributed by atoms with Crippen molar-refractivity contribution < 1.29 is 14.9 Å². The molecule has 1 heterocycles. The molecule has 0 saturated heterocycles. The molecule has 0 radical (unpaired) electrons. The molecule has 2 N–H and O–H groups in total. The highest BCUT2D eigenvalue weighted by Gasteiger charge is 2.13. The Morgan fingerprint density at radius 3 is 2.93 bits per heavy atom. The quantitative estimate of drug-likeness (QED) is 0.793. The number of rotatable bonds is 6. The molecule has 0 aliphatic heterocycles. The van der Waals surface area contributed by atoms with Crippen molar-refractivity contribution in [1.82, 2.24) is 0 Å². The number of halogens is 1. The van der Waals surface area contributed by atoms with Gasteiger partial charge in [0, 0.05) is 22.6 Å². The van der Waals surface area contributed by atoms with E-state index in [1.54, 1.807) is 0 Å². The number of hydrogen-bond acceptors (Lipinski definition) is 4. The maximum Gasteiger partial charge on any atom is 0.190 e. The molecule has 0 saturated carbocycles. The molecule has 0 spiro atoms. The van der Waals surface area contributed by atoms with E-state index in [4.69, 9.17) is 9.84 Å². The fourth-order valence-electron chi connectivity index (χ4n) is 1.20. The first kappa shape index (κ1) is 13.1. The molecule has 1 aromatic rings. The molecule has 1 aromatic heterocycles. The Hall–Kier alpha value is 0.0600. The molecule has 15 heavy (non-hydrogen) atoms. The van der Waals surface area contributed by atoms with Gasteiger partial charge in [-0.25, -0.2) is 0 Å². The first-order valence-electron chi connectivity index (χ1n) is 4.87. The topological polar surface area (TPSA) is 49.7 Å². The van der Waals surface area contributed by atoms with Gasteiger partial charge in [-0.15, -0.1) is 11.3 Å². The van der Waals surface area contributed by atoms with E-state index in [0.717, 1.165) is 27.1 Å². The zero-order valence-electron chi connectivity index (χ0n) is 8.57.